The first-order chi connectivity index (χ1) is 25.2. The van der Waals surface area contributed by atoms with Crippen LogP contribution in [0.25, 0.3) is 0 Å². The zero-order valence-electron chi connectivity index (χ0n) is 30.5. The summed E-state index contributed by atoms with van der Waals surface area (Å²) in [5.74, 6) is 0.433. The minimum Gasteiger partial charge on any atom is -0.493 e. The van der Waals surface area contributed by atoms with Gasteiger partial charge in [0.15, 0.2) is 11.5 Å². The summed E-state index contributed by atoms with van der Waals surface area (Å²) in [6.45, 7) is 5.81. The molecule has 3 aliphatic rings. The number of nitrogens with one attached hydrogen (secondary N) is 1. The minimum atomic E-state index is -0.850. The number of carbonyl (C=O) groups is 3. The number of piperidine rings is 1. The highest BCUT2D eigenvalue weighted by molar-refractivity contribution is 5.96. The Morgan fingerprint density at radius 1 is 0.712 bits per heavy atom. The van der Waals surface area contributed by atoms with E-state index in [9.17, 15) is 14.4 Å². The molecule has 0 radical (unpaired) electrons. The Bertz CT molecular complexity index is 1670. The lowest BCUT2D eigenvalue weighted by molar-refractivity contribution is -0.138. The summed E-state index contributed by atoms with van der Waals surface area (Å²) in [4.78, 5) is 46.9. The normalized spacial score (nSPS) is 20.7. The number of amides is 3. The molecule has 3 heterocycles. The van der Waals surface area contributed by atoms with Gasteiger partial charge in [0, 0.05) is 63.3 Å². The molecular formula is C40H51N5O7. The van der Waals surface area contributed by atoms with Gasteiger partial charge in [0.05, 0.1) is 33.4 Å². The topological polar surface area (TPSA) is 124 Å². The highest BCUT2D eigenvalue weighted by atomic mass is 16.5. The lowest BCUT2D eigenvalue weighted by Gasteiger charge is -2.45. The summed E-state index contributed by atoms with van der Waals surface area (Å²) < 4.78 is 16.5. The summed E-state index contributed by atoms with van der Waals surface area (Å²) in [5, 5.41) is 12.6. The number of carboxylic acids is 1. The molecular weight excluding hydrogens is 662 g/mol. The molecule has 0 spiro atoms. The van der Waals surface area contributed by atoms with Crippen LogP contribution in [0.2, 0.25) is 0 Å². The Morgan fingerprint density at radius 2 is 1.31 bits per heavy atom. The van der Waals surface area contributed by atoms with Crippen molar-refractivity contribution >= 4 is 17.9 Å². The average molecular weight is 714 g/mol. The first kappa shape index (κ1) is 37.0. The summed E-state index contributed by atoms with van der Waals surface area (Å²) in [6.07, 6.45) is 3.28. The third kappa shape index (κ3) is 7.98. The summed E-state index contributed by atoms with van der Waals surface area (Å²) >= 11 is 0. The van der Waals surface area contributed by atoms with Crippen LogP contribution in [0.3, 0.4) is 0 Å². The van der Waals surface area contributed by atoms with Crippen LogP contribution in [0, 0.1) is 0 Å². The van der Waals surface area contributed by atoms with Gasteiger partial charge in [-0.05, 0) is 55.5 Å². The third-order valence-electron chi connectivity index (χ3n) is 11.2. The number of piperazine rings is 1. The molecule has 1 atom stereocenters. The SMILES string of the molecule is COc1cc(C(=O)N2CCC(CCN3CCC(NC(=O)N4CCN(CC(=O)O)CC4)(c4ccccc4)CC3)(c3ccccc3)C2)cc(OC)c1OC. The van der Waals surface area contributed by atoms with Gasteiger partial charge in [-0.25, -0.2) is 4.79 Å². The molecule has 6 rings (SSSR count). The summed E-state index contributed by atoms with van der Waals surface area (Å²) in [6, 6.07) is 24.1. The number of nitrogens with zero attached hydrogens (tertiary/aromatic N) is 4. The molecule has 278 valence electrons. The van der Waals surface area contributed by atoms with Gasteiger partial charge in [-0.1, -0.05) is 60.7 Å². The fourth-order valence-electron chi connectivity index (χ4n) is 8.17. The molecule has 3 aromatic rings. The van der Waals surface area contributed by atoms with E-state index < -0.39 is 11.5 Å². The molecule has 52 heavy (non-hydrogen) atoms. The number of carbonyl (C=O) groups excluding carboxylic acids is 2. The zero-order chi connectivity index (χ0) is 36.7. The first-order valence-corrected chi connectivity index (χ1v) is 18.1. The maximum Gasteiger partial charge on any atom is 0.318 e. The van der Waals surface area contributed by atoms with Crippen molar-refractivity contribution in [2.45, 2.75) is 36.6 Å². The molecule has 3 saturated heterocycles. The van der Waals surface area contributed by atoms with Crippen LogP contribution in [0.15, 0.2) is 72.8 Å². The lowest BCUT2D eigenvalue weighted by atomic mass is 9.76. The van der Waals surface area contributed by atoms with Crippen molar-refractivity contribution in [3.63, 3.8) is 0 Å². The van der Waals surface area contributed by atoms with Crippen LogP contribution in [0.5, 0.6) is 17.2 Å². The largest absolute Gasteiger partial charge is 0.493 e. The Balaban J connectivity index is 1.13. The van der Waals surface area contributed by atoms with Gasteiger partial charge in [-0.2, -0.15) is 0 Å². The van der Waals surface area contributed by atoms with Crippen molar-refractivity contribution in [3.8, 4) is 17.2 Å². The molecule has 12 heteroatoms. The molecule has 12 nitrogen and oxygen atoms in total. The molecule has 0 aromatic heterocycles. The van der Waals surface area contributed by atoms with Crippen molar-refractivity contribution in [2.75, 3.05) is 86.8 Å². The molecule has 0 saturated carbocycles. The van der Waals surface area contributed by atoms with Gasteiger partial charge >= 0.3 is 12.0 Å². The maximum atomic E-state index is 14.0. The Morgan fingerprint density at radius 3 is 1.87 bits per heavy atom. The first-order valence-electron chi connectivity index (χ1n) is 18.1. The lowest BCUT2D eigenvalue weighted by Crippen LogP contribution is -2.59. The van der Waals surface area contributed by atoms with Crippen LogP contribution in [0.4, 0.5) is 4.79 Å². The number of carboxylic acid groups (broad SMARTS) is 1. The van der Waals surface area contributed by atoms with E-state index in [4.69, 9.17) is 19.3 Å². The number of hydrogen-bond acceptors (Lipinski definition) is 8. The van der Waals surface area contributed by atoms with E-state index in [2.05, 4.69) is 46.6 Å². The van der Waals surface area contributed by atoms with E-state index in [1.165, 1.54) is 5.56 Å². The van der Waals surface area contributed by atoms with E-state index in [1.807, 2.05) is 39.0 Å². The molecule has 0 bridgehead atoms. The number of hydrogen-bond donors (Lipinski definition) is 2. The fourth-order valence-corrected chi connectivity index (χ4v) is 8.17. The van der Waals surface area contributed by atoms with Crippen molar-refractivity contribution in [1.29, 1.82) is 0 Å². The van der Waals surface area contributed by atoms with Gasteiger partial charge in [0.25, 0.3) is 5.91 Å². The predicted octanol–water partition coefficient (Wildman–Crippen LogP) is 4.29. The van der Waals surface area contributed by atoms with Crippen LogP contribution in [-0.4, -0.2) is 129 Å². The summed E-state index contributed by atoms with van der Waals surface area (Å²) in [5.41, 5.74) is 2.13. The number of urea groups is 1. The predicted molar refractivity (Wildman–Crippen MR) is 197 cm³/mol. The number of methoxy groups -OCH3 is 3. The number of ether oxygens (including phenoxy) is 3. The second kappa shape index (κ2) is 16.2. The van der Waals surface area contributed by atoms with Gasteiger partial charge in [0.1, 0.15) is 0 Å². The summed E-state index contributed by atoms with van der Waals surface area (Å²) in [7, 11) is 4.65. The van der Waals surface area contributed by atoms with Crippen molar-refractivity contribution in [1.82, 2.24) is 24.9 Å². The Hall–Kier alpha value is -4.81. The average Bonchev–Trinajstić information content (AvgIpc) is 3.63. The van der Waals surface area contributed by atoms with Gasteiger partial charge in [-0.3, -0.25) is 14.5 Å². The van der Waals surface area contributed by atoms with E-state index in [0.29, 0.717) is 62.1 Å². The highest BCUT2D eigenvalue weighted by Crippen LogP contribution is 2.42. The molecule has 3 aromatic carbocycles. The second-order valence-electron chi connectivity index (χ2n) is 14.2. The monoisotopic (exact) mass is 713 g/mol. The van der Waals surface area contributed by atoms with Crippen LogP contribution < -0.4 is 19.5 Å². The number of benzene rings is 3. The minimum absolute atomic E-state index is 0.00767. The van der Waals surface area contributed by atoms with Crippen molar-refractivity contribution < 1.29 is 33.7 Å². The fraction of sp³-hybridized carbons (Fsp3) is 0.475. The molecule has 0 aliphatic carbocycles. The van der Waals surface area contributed by atoms with Crippen molar-refractivity contribution in [3.05, 3.63) is 89.5 Å². The molecule has 2 N–H and O–H groups in total. The maximum absolute atomic E-state index is 14.0. The van der Waals surface area contributed by atoms with Gasteiger partial charge in [-0.15, -0.1) is 0 Å². The third-order valence-corrected chi connectivity index (χ3v) is 11.2. The highest BCUT2D eigenvalue weighted by Gasteiger charge is 2.43. The van der Waals surface area contributed by atoms with E-state index in [-0.39, 0.29) is 23.9 Å². The molecule has 1 unspecified atom stereocenters. The van der Waals surface area contributed by atoms with E-state index in [1.54, 1.807) is 33.5 Å². The number of likely N-dealkylation sites (tertiary alicyclic amines) is 2. The molecule has 3 amide bonds. The Labute approximate surface area is 306 Å². The molecule has 3 fully saturated rings. The standard InChI is InChI=1S/C40H51N5O7/c1-50-33-26-30(27-34(51-2)36(33)52-3)37(48)45-21-15-39(29-45,31-10-6-4-7-11-31)14-18-42-19-16-40(17-20-42,32-12-8-5-9-13-32)41-38(49)44-24-22-43(23-25-44)28-35(46)47/h4-13,26-27H,14-25,28-29H2,1-3H3,(H,41,49)(H,46,47). The van der Waals surface area contributed by atoms with E-state index >= 15 is 0 Å². The van der Waals surface area contributed by atoms with E-state index in [0.717, 1.165) is 50.9 Å². The van der Waals surface area contributed by atoms with Crippen LogP contribution >= 0.6 is 0 Å². The zero-order valence-corrected chi connectivity index (χ0v) is 30.5. The van der Waals surface area contributed by atoms with Gasteiger partial charge in [0.2, 0.25) is 5.75 Å². The van der Waals surface area contributed by atoms with Crippen LogP contribution in [-0.2, 0) is 15.7 Å². The van der Waals surface area contributed by atoms with Crippen molar-refractivity contribution in [2.24, 2.45) is 0 Å². The number of rotatable bonds is 12. The second-order valence-corrected chi connectivity index (χ2v) is 14.2. The van der Waals surface area contributed by atoms with Crippen LogP contribution in [0.1, 0.15) is 47.2 Å². The molecule has 3 aliphatic heterocycles. The smallest absolute Gasteiger partial charge is 0.318 e. The van der Waals surface area contributed by atoms with Gasteiger partial charge < -0.3 is 39.3 Å². The Kier molecular flexibility index (Phi) is 11.6. The number of aliphatic carboxylic acids is 1. The quantitative estimate of drug-likeness (QED) is 0.283.